The molecule has 1 amide bonds. The van der Waals surface area contributed by atoms with Crippen molar-refractivity contribution in [1.82, 2.24) is 9.88 Å². The van der Waals surface area contributed by atoms with Gasteiger partial charge in [-0.3, -0.25) is 9.78 Å². The lowest BCUT2D eigenvalue weighted by Gasteiger charge is -2.36. The number of hydrogen-bond acceptors (Lipinski definition) is 4. The molecule has 1 aromatic heterocycles. The summed E-state index contributed by atoms with van der Waals surface area (Å²) in [6, 6.07) is 14.1. The van der Waals surface area contributed by atoms with Gasteiger partial charge in [0.05, 0.1) is 17.4 Å². The molecule has 1 aliphatic heterocycles. The Labute approximate surface area is 167 Å². The molecule has 3 aromatic rings. The van der Waals surface area contributed by atoms with E-state index < -0.39 is 0 Å². The van der Waals surface area contributed by atoms with E-state index in [9.17, 15) is 13.6 Å². The van der Waals surface area contributed by atoms with Crippen molar-refractivity contribution in [1.29, 1.82) is 0 Å². The number of rotatable bonds is 4. The number of anilines is 3. The second-order valence-corrected chi connectivity index (χ2v) is 6.85. The third-order valence-electron chi connectivity index (χ3n) is 4.88. The van der Waals surface area contributed by atoms with E-state index in [-0.39, 0.29) is 17.5 Å². The van der Waals surface area contributed by atoms with Crippen LogP contribution < -0.4 is 10.2 Å². The van der Waals surface area contributed by atoms with E-state index in [1.54, 1.807) is 47.6 Å². The largest absolute Gasteiger partial charge is 0.368 e. The van der Waals surface area contributed by atoms with Crippen LogP contribution in [-0.4, -0.2) is 42.0 Å². The number of piperazine rings is 1. The molecule has 1 N–H and O–H groups in total. The molecule has 0 aliphatic carbocycles. The first kappa shape index (κ1) is 18.9. The van der Waals surface area contributed by atoms with Crippen molar-refractivity contribution in [2.75, 3.05) is 36.4 Å². The van der Waals surface area contributed by atoms with Gasteiger partial charge in [-0.1, -0.05) is 0 Å². The van der Waals surface area contributed by atoms with E-state index >= 15 is 0 Å². The molecule has 2 heterocycles. The van der Waals surface area contributed by atoms with Crippen LogP contribution in [0.25, 0.3) is 0 Å². The Kier molecular flexibility index (Phi) is 5.37. The summed E-state index contributed by atoms with van der Waals surface area (Å²) in [5.41, 5.74) is 2.82. The summed E-state index contributed by atoms with van der Waals surface area (Å²) in [5, 5.41) is 3.12. The number of carbonyl (C=O) groups excluding carboxylic acids is 1. The number of amides is 1. The van der Waals surface area contributed by atoms with Gasteiger partial charge in [0.2, 0.25) is 0 Å². The Bertz CT molecular complexity index is 984. The highest BCUT2D eigenvalue weighted by atomic mass is 19.1. The van der Waals surface area contributed by atoms with Gasteiger partial charge in [0, 0.05) is 43.8 Å². The molecule has 1 aliphatic rings. The Balaban J connectivity index is 1.39. The molecule has 5 nitrogen and oxygen atoms in total. The third-order valence-corrected chi connectivity index (χ3v) is 4.88. The topological polar surface area (TPSA) is 48.5 Å². The van der Waals surface area contributed by atoms with Crippen LogP contribution in [0.15, 0.2) is 67.0 Å². The molecule has 1 saturated heterocycles. The van der Waals surface area contributed by atoms with Gasteiger partial charge in [0.1, 0.15) is 11.6 Å². The Morgan fingerprint density at radius 1 is 0.828 bits per heavy atom. The number of pyridine rings is 1. The summed E-state index contributed by atoms with van der Waals surface area (Å²) in [4.78, 5) is 21.0. The SMILES string of the molecule is O=C(c1cncc(Nc2ccc(F)cc2)c1)N1CCN(c2ccc(F)cc2)CC1. The van der Waals surface area contributed by atoms with Crippen LogP contribution in [0.2, 0.25) is 0 Å². The Morgan fingerprint density at radius 3 is 2.10 bits per heavy atom. The molecule has 1 fully saturated rings. The average Bonchev–Trinajstić information content (AvgIpc) is 2.76. The van der Waals surface area contributed by atoms with Crippen LogP contribution in [0, 0.1) is 11.6 Å². The summed E-state index contributed by atoms with van der Waals surface area (Å²) in [7, 11) is 0. The van der Waals surface area contributed by atoms with E-state index in [4.69, 9.17) is 0 Å². The van der Waals surface area contributed by atoms with Crippen molar-refractivity contribution in [2.24, 2.45) is 0 Å². The number of halogens is 2. The van der Waals surface area contributed by atoms with Gasteiger partial charge in [-0.05, 0) is 54.6 Å². The van der Waals surface area contributed by atoms with Gasteiger partial charge in [0.15, 0.2) is 0 Å². The van der Waals surface area contributed by atoms with Crippen LogP contribution in [-0.2, 0) is 0 Å². The van der Waals surface area contributed by atoms with Crippen molar-refractivity contribution < 1.29 is 13.6 Å². The van der Waals surface area contributed by atoms with Gasteiger partial charge in [0.25, 0.3) is 5.91 Å². The van der Waals surface area contributed by atoms with Crippen molar-refractivity contribution in [3.8, 4) is 0 Å². The molecule has 0 atom stereocenters. The van der Waals surface area contributed by atoms with Crippen molar-refractivity contribution >= 4 is 23.0 Å². The first-order chi connectivity index (χ1) is 14.1. The molecular weight excluding hydrogens is 374 g/mol. The third kappa shape index (κ3) is 4.51. The zero-order chi connectivity index (χ0) is 20.2. The van der Waals surface area contributed by atoms with E-state index in [1.807, 2.05) is 0 Å². The minimum absolute atomic E-state index is 0.0842. The summed E-state index contributed by atoms with van der Waals surface area (Å²) in [6.45, 7) is 2.51. The molecule has 4 rings (SSSR count). The maximum Gasteiger partial charge on any atom is 0.255 e. The first-order valence-corrected chi connectivity index (χ1v) is 9.36. The van der Waals surface area contributed by atoms with Gasteiger partial charge in [-0.15, -0.1) is 0 Å². The van der Waals surface area contributed by atoms with E-state index in [0.717, 1.165) is 5.69 Å². The number of nitrogens with zero attached hydrogens (tertiary/aromatic N) is 3. The minimum atomic E-state index is -0.308. The van der Waals surface area contributed by atoms with Crippen molar-refractivity contribution in [3.63, 3.8) is 0 Å². The van der Waals surface area contributed by atoms with E-state index in [0.29, 0.717) is 43.1 Å². The molecule has 0 saturated carbocycles. The predicted octanol–water partition coefficient (Wildman–Crippen LogP) is 4.07. The zero-order valence-electron chi connectivity index (χ0n) is 15.7. The molecule has 0 radical (unpaired) electrons. The van der Waals surface area contributed by atoms with E-state index in [1.165, 1.54) is 24.3 Å². The maximum absolute atomic E-state index is 13.1. The summed E-state index contributed by atoms with van der Waals surface area (Å²) >= 11 is 0. The highest BCUT2D eigenvalue weighted by molar-refractivity contribution is 5.95. The average molecular weight is 394 g/mol. The standard InChI is InChI=1S/C22H20F2N4O/c23-17-1-5-19(6-2-17)26-20-13-16(14-25-15-20)22(29)28-11-9-27(10-12-28)21-7-3-18(24)4-8-21/h1-8,13-15,26H,9-12H2. The maximum atomic E-state index is 13.1. The van der Waals surface area contributed by atoms with Gasteiger partial charge in [-0.25, -0.2) is 8.78 Å². The normalized spacial score (nSPS) is 14.0. The van der Waals surface area contributed by atoms with Crippen LogP contribution in [0.3, 0.4) is 0 Å². The van der Waals surface area contributed by atoms with Crippen LogP contribution in [0.1, 0.15) is 10.4 Å². The second-order valence-electron chi connectivity index (χ2n) is 6.85. The molecular formula is C22H20F2N4O. The fourth-order valence-corrected chi connectivity index (χ4v) is 3.33. The van der Waals surface area contributed by atoms with E-state index in [2.05, 4.69) is 15.2 Å². The molecule has 29 heavy (non-hydrogen) atoms. The number of benzene rings is 2. The smallest absolute Gasteiger partial charge is 0.255 e. The Hall–Kier alpha value is -3.48. The molecule has 0 spiro atoms. The first-order valence-electron chi connectivity index (χ1n) is 9.36. The summed E-state index contributed by atoms with van der Waals surface area (Å²) < 4.78 is 26.1. The van der Waals surface area contributed by atoms with Gasteiger partial charge < -0.3 is 15.1 Å². The van der Waals surface area contributed by atoms with Gasteiger partial charge in [-0.2, -0.15) is 0 Å². The molecule has 7 heteroatoms. The molecule has 2 aromatic carbocycles. The monoisotopic (exact) mass is 394 g/mol. The number of nitrogens with one attached hydrogen (secondary N) is 1. The minimum Gasteiger partial charge on any atom is -0.368 e. The lowest BCUT2D eigenvalue weighted by Crippen LogP contribution is -2.48. The predicted molar refractivity (Wildman–Crippen MR) is 108 cm³/mol. The second kappa shape index (κ2) is 8.26. The summed E-state index contributed by atoms with van der Waals surface area (Å²) in [6.07, 6.45) is 3.16. The van der Waals surface area contributed by atoms with Crippen molar-refractivity contribution in [2.45, 2.75) is 0 Å². The molecule has 148 valence electrons. The van der Waals surface area contributed by atoms with Crippen molar-refractivity contribution in [3.05, 3.63) is 84.2 Å². The van der Waals surface area contributed by atoms with Crippen LogP contribution in [0.4, 0.5) is 25.8 Å². The fraction of sp³-hybridized carbons (Fsp3) is 0.182. The molecule has 0 unspecified atom stereocenters. The fourth-order valence-electron chi connectivity index (χ4n) is 3.33. The number of aromatic nitrogens is 1. The highest BCUT2D eigenvalue weighted by Crippen LogP contribution is 2.20. The summed E-state index contributed by atoms with van der Waals surface area (Å²) in [5.74, 6) is -0.652. The number of carbonyl (C=O) groups is 1. The van der Waals surface area contributed by atoms with Crippen LogP contribution >= 0.6 is 0 Å². The van der Waals surface area contributed by atoms with Gasteiger partial charge >= 0.3 is 0 Å². The zero-order valence-corrected chi connectivity index (χ0v) is 15.7. The highest BCUT2D eigenvalue weighted by Gasteiger charge is 2.22. The quantitative estimate of drug-likeness (QED) is 0.725. The lowest BCUT2D eigenvalue weighted by atomic mass is 10.2. The number of hydrogen-bond donors (Lipinski definition) is 1. The Morgan fingerprint density at radius 2 is 1.45 bits per heavy atom. The molecule has 0 bridgehead atoms. The lowest BCUT2D eigenvalue weighted by molar-refractivity contribution is 0.0746. The van der Waals surface area contributed by atoms with Crippen LogP contribution in [0.5, 0.6) is 0 Å².